The molecule has 1 atom stereocenters. The molecule has 1 aliphatic heterocycles. The number of hydrogen-bond acceptors (Lipinski definition) is 5. The van der Waals surface area contributed by atoms with Crippen molar-refractivity contribution < 1.29 is 13.2 Å². The molecule has 1 aromatic heterocycles. The molecule has 1 unspecified atom stereocenters. The van der Waals surface area contributed by atoms with Gasteiger partial charge in [-0.3, -0.25) is 10.1 Å². The molecule has 6 nitrogen and oxygen atoms in total. The highest BCUT2D eigenvalue weighted by atomic mass is 32.2. The van der Waals surface area contributed by atoms with E-state index in [9.17, 15) is 13.2 Å². The van der Waals surface area contributed by atoms with Gasteiger partial charge in [-0.05, 0) is 79.5 Å². The van der Waals surface area contributed by atoms with Gasteiger partial charge < -0.3 is 0 Å². The summed E-state index contributed by atoms with van der Waals surface area (Å²) in [4.78, 5) is 17.8. The fraction of sp³-hybridized carbons (Fsp3) is 0.308. The molecule has 3 aromatic carbocycles. The summed E-state index contributed by atoms with van der Waals surface area (Å²) in [5, 5.41) is 5.89. The van der Waals surface area contributed by atoms with E-state index in [0.29, 0.717) is 17.2 Å². The normalized spacial score (nSPS) is 18.6. The molecule has 8 heteroatoms. The summed E-state index contributed by atoms with van der Waals surface area (Å²) in [6.07, 6.45) is 4.91. The van der Waals surface area contributed by atoms with Crippen molar-refractivity contribution >= 4 is 53.4 Å². The molecule has 0 saturated carbocycles. The van der Waals surface area contributed by atoms with Gasteiger partial charge in [0.1, 0.15) is 0 Å². The van der Waals surface area contributed by atoms with Gasteiger partial charge in [-0.25, -0.2) is 13.4 Å². The average molecular weight is 492 g/mol. The molecule has 1 amide bonds. The monoisotopic (exact) mass is 491 g/mol. The van der Waals surface area contributed by atoms with Gasteiger partial charge in [0, 0.05) is 23.5 Å². The molecule has 2 heterocycles. The van der Waals surface area contributed by atoms with Crippen LogP contribution in [0.4, 0.5) is 5.13 Å². The zero-order valence-electron chi connectivity index (χ0n) is 18.9. The van der Waals surface area contributed by atoms with Crippen LogP contribution in [0.2, 0.25) is 0 Å². The Bertz CT molecular complexity index is 1540. The maximum Gasteiger partial charge on any atom is 0.257 e. The molecule has 1 saturated heterocycles. The van der Waals surface area contributed by atoms with Crippen LogP contribution < -0.4 is 5.32 Å². The summed E-state index contributed by atoms with van der Waals surface area (Å²) in [6, 6.07) is 14.7. The number of nitrogens with zero attached hydrogens (tertiary/aromatic N) is 2. The summed E-state index contributed by atoms with van der Waals surface area (Å²) < 4.78 is 28.7. The van der Waals surface area contributed by atoms with Crippen LogP contribution in [0, 0.1) is 0 Å². The molecular weight excluding hydrogens is 466 g/mol. The molecule has 1 N–H and O–H groups in total. The van der Waals surface area contributed by atoms with E-state index in [4.69, 9.17) is 4.98 Å². The van der Waals surface area contributed by atoms with Crippen molar-refractivity contribution in [1.29, 1.82) is 0 Å². The molecular formula is C26H25N3O3S2. The highest BCUT2D eigenvalue weighted by Crippen LogP contribution is 2.39. The first-order valence-electron chi connectivity index (χ1n) is 11.7. The highest BCUT2D eigenvalue weighted by molar-refractivity contribution is 7.89. The maximum absolute atomic E-state index is 13.0. The first kappa shape index (κ1) is 21.7. The van der Waals surface area contributed by atoms with Crippen LogP contribution >= 0.6 is 11.3 Å². The number of carbonyl (C=O) groups excluding carboxylic acids is 1. The largest absolute Gasteiger partial charge is 0.298 e. The van der Waals surface area contributed by atoms with Crippen LogP contribution in [0.25, 0.3) is 21.0 Å². The number of carbonyl (C=O) groups is 1. The fourth-order valence-corrected chi connectivity index (χ4v) is 7.91. The molecule has 6 rings (SSSR count). The van der Waals surface area contributed by atoms with Crippen molar-refractivity contribution in [3.8, 4) is 0 Å². The van der Waals surface area contributed by atoms with Crippen LogP contribution in [0.5, 0.6) is 0 Å². The van der Waals surface area contributed by atoms with Crippen molar-refractivity contribution in [2.24, 2.45) is 0 Å². The number of anilines is 1. The molecule has 0 bridgehead atoms. The third kappa shape index (κ3) is 3.52. The number of aromatic nitrogens is 1. The topological polar surface area (TPSA) is 79.4 Å². The van der Waals surface area contributed by atoms with Crippen LogP contribution in [-0.4, -0.2) is 36.2 Å². The Hall–Kier alpha value is -2.81. The van der Waals surface area contributed by atoms with Gasteiger partial charge >= 0.3 is 0 Å². The van der Waals surface area contributed by atoms with Gasteiger partial charge in [-0.2, -0.15) is 4.31 Å². The number of piperidine rings is 1. The fourth-order valence-electron chi connectivity index (χ4n) is 5.27. The summed E-state index contributed by atoms with van der Waals surface area (Å²) >= 11 is 1.47. The molecule has 4 aromatic rings. The van der Waals surface area contributed by atoms with Gasteiger partial charge in [0.15, 0.2) is 5.13 Å². The van der Waals surface area contributed by atoms with Crippen LogP contribution in [0.3, 0.4) is 0 Å². The van der Waals surface area contributed by atoms with Gasteiger partial charge in [0.2, 0.25) is 10.0 Å². The first-order chi connectivity index (χ1) is 16.4. The molecule has 0 spiro atoms. The van der Waals surface area contributed by atoms with Gasteiger partial charge in [-0.15, -0.1) is 0 Å². The minimum absolute atomic E-state index is 0.00576. The number of fused-ring (bicyclic) bond motifs is 2. The van der Waals surface area contributed by atoms with E-state index in [1.165, 1.54) is 40.0 Å². The van der Waals surface area contributed by atoms with E-state index < -0.39 is 10.0 Å². The number of sulfonamides is 1. The number of nitrogens with one attached hydrogen (secondary N) is 1. The van der Waals surface area contributed by atoms with Crippen molar-refractivity contribution in [1.82, 2.24) is 9.29 Å². The number of thiazole rings is 1. The first-order valence-corrected chi connectivity index (χ1v) is 13.9. The standard InChI is InChI=1S/C26H25N3O3S2/c1-16-5-2-3-14-29(16)34(31,32)20-12-10-18(11-13-20)25(30)28-26-27-24-21-7-4-6-17-8-9-19(23(17)21)15-22(24)33-26/h4,6-7,10-13,15-16H,2-3,5,8-9,14H2,1H3,(H,27,28,30). The number of amides is 1. The molecule has 0 radical (unpaired) electrons. The number of rotatable bonds is 4. The molecule has 2 aliphatic rings. The summed E-state index contributed by atoms with van der Waals surface area (Å²) in [5.41, 5.74) is 4.03. The maximum atomic E-state index is 13.0. The second-order valence-corrected chi connectivity index (χ2v) is 12.1. The third-order valence-corrected chi connectivity index (χ3v) is 9.98. The molecule has 34 heavy (non-hydrogen) atoms. The second kappa shape index (κ2) is 8.15. The Kier molecular flexibility index (Phi) is 5.20. The number of benzene rings is 3. The van der Waals surface area contributed by atoms with Crippen molar-refractivity contribution in [3.63, 3.8) is 0 Å². The quantitative estimate of drug-likeness (QED) is 0.417. The third-order valence-electron chi connectivity index (χ3n) is 7.03. The number of aryl methyl sites for hydroxylation is 2. The zero-order chi connectivity index (χ0) is 23.4. The Morgan fingerprint density at radius 1 is 1.09 bits per heavy atom. The Morgan fingerprint density at radius 3 is 2.68 bits per heavy atom. The smallest absolute Gasteiger partial charge is 0.257 e. The molecule has 174 valence electrons. The van der Waals surface area contributed by atoms with Crippen molar-refractivity contribution in [2.75, 3.05) is 11.9 Å². The predicted molar refractivity (Wildman–Crippen MR) is 136 cm³/mol. The second-order valence-electron chi connectivity index (χ2n) is 9.18. The number of hydrogen-bond donors (Lipinski definition) is 1. The van der Waals surface area contributed by atoms with Gasteiger partial charge in [0.25, 0.3) is 5.91 Å². The van der Waals surface area contributed by atoms with Crippen LogP contribution in [0.1, 0.15) is 47.7 Å². The minimum Gasteiger partial charge on any atom is -0.298 e. The SMILES string of the molecule is CC1CCCCN1S(=O)(=O)c1ccc(C(=O)Nc2nc3c(cc4c5c(cccc53)CC4)s2)cc1. The molecule has 1 fully saturated rings. The van der Waals surface area contributed by atoms with E-state index >= 15 is 0 Å². The zero-order valence-corrected chi connectivity index (χ0v) is 20.5. The summed E-state index contributed by atoms with van der Waals surface area (Å²) in [7, 11) is -3.56. The van der Waals surface area contributed by atoms with E-state index in [1.54, 1.807) is 16.4 Å². The van der Waals surface area contributed by atoms with E-state index in [0.717, 1.165) is 47.7 Å². The average Bonchev–Trinajstić information content (AvgIpc) is 3.44. The summed E-state index contributed by atoms with van der Waals surface area (Å²) in [6.45, 7) is 2.49. The lowest BCUT2D eigenvalue weighted by Crippen LogP contribution is -2.41. The lowest BCUT2D eigenvalue weighted by Gasteiger charge is -2.32. The Labute approximate surface area is 202 Å². The van der Waals surface area contributed by atoms with Gasteiger partial charge in [0.05, 0.1) is 15.1 Å². The van der Waals surface area contributed by atoms with E-state index in [2.05, 4.69) is 29.6 Å². The van der Waals surface area contributed by atoms with E-state index in [-0.39, 0.29) is 16.8 Å². The molecule has 1 aliphatic carbocycles. The Morgan fingerprint density at radius 2 is 1.88 bits per heavy atom. The highest BCUT2D eigenvalue weighted by Gasteiger charge is 2.31. The van der Waals surface area contributed by atoms with E-state index in [1.807, 2.05) is 6.92 Å². The predicted octanol–water partition coefficient (Wildman–Crippen LogP) is 5.36. The minimum atomic E-state index is -3.56. The van der Waals surface area contributed by atoms with Crippen molar-refractivity contribution in [3.05, 3.63) is 65.2 Å². The lowest BCUT2D eigenvalue weighted by atomic mass is 10.0. The van der Waals surface area contributed by atoms with Crippen LogP contribution in [0.15, 0.2) is 53.4 Å². The Balaban J connectivity index is 1.25. The summed E-state index contributed by atoms with van der Waals surface area (Å²) in [5.74, 6) is -0.299. The van der Waals surface area contributed by atoms with Crippen molar-refractivity contribution in [2.45, 2.75) is 50.0 Å². The van der Waals surface area contributed by atoms with Gasteiger partial charge in [-0.1, -0.05) is 36.0 Å². The van der Waals surface area contributed by atoms with Crippen LogP contribution in [-0.2, 0) is 22.9 Å². The lowest BCUT2D eigenvalue weighted by molar-refractivity contribution is 0.102.